The molecular formula is C24H24N2O4S. The zero-order valence-electron chi connectivity index (χ0n) is 17.5. The van der Waals surface area contributed by atoms with Crippen LogP contribution < -0.4 is 20.3 Å². The molecule has 2 aromatic carbocycles. The number of ether oxygens (including phenoxy) is 2. The van der Waals surface area contributed by atoms with Crippen molar-refractivity contribution in [3.8, 4) is 11.5 Å². The largest absolute Gasteiger partial charge is 0.490 e. The maximum absolute atomic E-state index is 12.7. The zero-order valence-corrected chi connectivity index (χ0v) is 18.3. The monoisotopic (exact) mass is 436 g/mol. The normalized spacial score (nSPS) is 11.0. The van der Waals surface area contributed by atoms with Crippen LogP contribution in [0.2, 0.25) is 0 Å². The molecule has 0 aliphatic rings. The summed E-state index contributed by atoms with van der Waals surface area (Å²) in [4.78, 5) is 28.5. The molecule has 0 spiro atoms. The van der Waals surface area contributed by atoms with Crippen LogP contribution in [0.4, 0.5) is 0 Å². The fraction of sp³-hybridized carbons (Fsp3) is 0.250. The number of carbonyl (C=O) groups excluding carboxylic acids is 1. The van der Waals surface area contributed by atoms with Gasteiger partial charge < -0.3 is 19.8 Å². The lowest BCUT2D eigenvalue weighted by Gasteiger charge is -2.12. The first-order chi connectivity index (χ1) is 15.1. The topological polar surface area (TPSA) is 80.4 Å². The van der Waals surface area contributed by atoms with E-state index in [1.54, 1.807) is 6.07 Å². The Morgan fingerprint density at radius 2 is 1.77 bits per heavy atom. The van der Waals surface area contributed by atoms with E-state index < -0.39 is 0 Å². The second-order valence-corrected chi connectivity index (χ2v) is 8.06. The Hall–Kier alpha value is -3.32. The highest BCUT2D eigenvalue weighted by Crippen LogP contribution is 2.30. The number of carbonyl (C=O) groups is 1. The van der Waals surface area contributed by atoms with Crippen molar-refractivity contribution in [1.82, 2.24) is 10.3 Å². The van der Waals surface area contributed by atoms with Crippen molar-refractivity contribution < 1.29 is 14.3 Å². The van der Waals surface area contributed by atoms with E-state index in [0.717, 1.165) is 26.9 Å². The average Bonchev–Trinajstić information content (AvgIpc) is 3.22. The molecule has 2 heterocycles. The molecule has 0 bridgehead atoms. The van der Waals surface area contributed by atoms with Gasteiger partial charge in [-0.3, -0.25) is 9.59 Å². The first kappa shape index (κ1) is 20.9. The van der Waals surface area contributed by atoms with Crippen molar-refractivity contribution in [2.45, 2.75) is 20.3 Å². The predicted octanol–water partition coefficient (Wildman–Crippen LogP) is 4.51. The summed E-state index contributed by atoms with van der Waals surface area (Å²) < 4.78 is 12.1. The standard InChI is InChI=1S/C24H24N2O4S/c1-3-29-19-10-9-15(13-20(19)30-4-2)11-12-25-24(28)21-14-17-22(31-21)16-7-5-6-8-18(16)26-23(17)27/h5-10,13-14H,3-4,11-12H2,1-2H3,(H,25,28)(H,26,27). The minimum Gasteiger partial charge on any atom is -0.490 e. The Bertz CT molecular complexity index is 1290. The molecule has 160 valence electrons. The molecule has 6 nitrogen and oxygen atoms in total. The number of amides is 1. The highest BCUT2D eigenvalue weighted by molar-refractivity contribution is 7.21. The highest BCUT2D eigenvalue weighted by atomic mass is 32.1. The third-order valence-corrected chi connectivity index (χ3v) is 6.09. The summed E-state index contributed by atoms with van der Waals surface area (Å²) in [5.74, 6) is 1.25. The molecule has 0 saturated carbocycles. The molecule has 0 fully saturated rings. The molecule has 2 N–H and O–H groups in total. The number of rotatable bonds is 8. The van der Waals surface area contributed by atoms with E-state index in [4.69, 9.17) is 9.47 Å². The first-order valence-electron chi connectivity index (χ1n) is 10.3. The quantitative estimate of drug-likeness (QED) is 0.426. The van der Waals surface area contributed by atoms with Crippen molar-refractivity contribution >= 4 is 38.2 Å². The Morgan fingerprint density at radius 3 is 2.58 bits per heavy atom. The second kappa shape index (κ2) is 9.22. The van der Waals surface area contributed by atoms with Crippen molar-refractivity contribution in [2.75, 3.05) is 19.8 Å². The van der Waals surface area contributed by atoms with Gasteiger partial charge in [0.15, 0.2) is 11.5 Å². The molecule has 0 aliphatic heterocycles. The van der Waals surface area contributed by atoms with Crippen molar-refractivity contribution in [2.24, 2.45) is 0 Å². The van der Waals surface area contributed by atoms with Gasteiger partial charge in [-0.1, -0.05) is 24.3 Å². The molecule has 7 heteroatoms. The third kappa shape index (κ3) is 4.41. The molecule has 1 amide bonds. The van der Waals surface area contributed by atoms with E-state index in [1.807, 2.05) is 56.3 Å². The molecule has 4 aromatic rings. The number of para-hydroxylation sites is 1. The Balaban J connectivity index is 1.47. The number of benzene rings is 2. The minimum atomic E-state index is -0.180. The molecule has 0 aliphatic carbocycles. The predicted molar refractivity (Wildman–Crippen MR) is 125 cm³/mol. The lowest BCUT2D eigenvalue weighted by atomic mass is 10.1. The number of pyridine rings is 1. The Labute approximate surface area is 183 Å². The van der Waals surface area contributed by atoms with Crippen molar-refractivity contribution in [1.29, 1.82) is 0 Å². The van der Waals surface area contributed by atoms with Gasteiger partial charge in [0, 0.05) is 22.1 Å². The van der Waals surface area contributed by atoms with Gasteiger partial charge in [-0.15, -0.1) is 11.3 Å². The van der Waals surface area contributed by atoms with Crippen LogP contribution in [0.25, 0.3) is 21.0 Å². The van der Waals surface area contributed by atoms with Gasteiger partial charge in [-0.2, -0.15) is 0 Å². The van der Waals surface area contributed by atoms with Gasteiger partial charge in [0.2, 0.25) is 0 Å². The fourth-order valence-corrected chi connectivity index (χ4v) is 4.62. The molecule has 31 heavy (non-hydrogen) atoms. The second-order valence-electron chi connectivity index (χ2n) is 7.01. The van der Waals surface area contributed by atoms with E-state index in [0.29, 0.717) is 42.2 Å². The molecule has 0 radical (unpaired) electrons. The number of hydrogen-bond acceptors (Lipinski definition) is 5. The Kier molecular flexibility index (Phi) is 6.23. The smallest absolute Gasteiger partial charge is 0.261 e. The number of fused-ring (bicyclic) bond motifs is 3. The summed E-state index contributed by atoms with van der Waals surface area (Å²) in [5, 5.41) is 4.44. The van der Waals surface area contributed by atoms with Crippen molar-refractivity contribution in [3.05, 3.63) is 69.3 Å². The zero-order chi connectivity index (χ0) is 21.8. The van der Waals surface area contributed by atoms with E-state index in [-0.39, 0.29) is 11.5 Å². The molecule has 0 saturated heterocycles. The molecular weight excluding hydrogens is 412 g/mol. The van der Waals surface area contributed by atoms with Crippen LogP contribution in [0.15, 0.2) is 53.3 Å². The number of aromatic nitrogens is 1. The van der Waals surface area contributed by atoms with Crippen LogP contribution in [0.3, 0.4) is 0 Å². The van der Waals surface area contributed by atoms with Crippen LogP contribution in [0.5, 0.6) is 11.5 Å². The van der Waals surface area contributed by atoms with Gasteiger partial charge in [0.25, 0.3) is 11.5 Å². The first-order valence-corrected chi connectivity index (χ1v) is 11.1. The number of aromatic amines is 1. The van der Waals surface area contributed by atoms with Crippen LogP contribution in [-0.2, 0) is 6.42 Å². The molecule has 2 aromatic heterocycles. The fourth-order valence-electron chi connectivity index (χ4n) is 3.51. The van der Waals surface area contributed by atoms with E-state index in [1.165, 1.54) is 11.3 Å². The van der Waals surface area contributed by atoms with E-state index >= 15 is 0 Å². The van der Waals surface area contributed by atoms with E-state index in [2.05, 4.69) is 10.3 Å². The van der Waals surface area contributed by atoms with Gasteiger partial charge >= 0.3 is 0 Å². The van der Waals surface area contributed by atoms with Gasteiger partial charge in [0.1, 0.15) is 0 Å². The van der Waals surface area contributed by atoms with Crippen LogP contribution in [0.1, 0.15) is 29.1 Å². The molecule has 4 rings (SSSR count). The van der Waals surface area contributed by atoms with E-state index in [9.17, 15) is 9.59 Å². The maximum Gasteiger partial charge on any atom is 0.261 e. The average molecular weight is 437 g/mol. The van der Waals surface area contributed by atoms with Gasteiger partial charge in [-0.25, -0.2) is 0 Å². The van der Waals surface area contributed by atoms with Gasteiger partial charge in [0.05, 0.1) is 23.5 Å². The SMILES string of the molecule is CCOc1ccc(CCNC(=O)c2cc3c(=O)[nH]c4ccccc4c3s2)cc1OCC. The summed E-state index contributed by atoms with van der Waals surface area (Å²) in [6, 6.07) is 15.1. The number of nitrogens with one attached hydrogen (secondary N) is 2. The van der Waals surface area contributed by atoms with Gasteiger partial charge in [-0.05, 0) is 50.1 Å². The Morgan fingerprint density at radius 1 is 1.00 bits per heavy atom. The summed E-state index contributed by atoms with van der Waals surface area (Å²) in [7, 11) is 0. The third-order valence-electron chi connectivity index (χ3n) is 4.93. The maximum atomic E-state index is 12.7. The minimum absolute atomic E-state index is 0.179. The van der Waals surface area contributed by atoms with Crippen LogP contribution >= 0.6 is 11.3 Å². The lowest BCUT2D eigenvalue weighted by molar-refractivity contribution is 0.0958. The van der Waals surface area contributed by atoms with Crippen LogP contribution in [-0.4, -0.2) is 30.6 Å². The summed E-state index contributed by atoms with van der Waals surface area (Å²) in [6.07, 6.45) is 0.659. The van der Waals surface area contributed by atoms with Crippen molar-refractivity contribution in [3.63, 3.8) is 0 Å². The number of thiophene rings is 1. The summed E-state index contributed by atoms with van der Waals surface area (Å²) in [5.41, 5.74) is 1.64. The van der Waals surface area contributed by atoms with Crippen LogP contribution in [0, 0.1) is 0 Å². The lowest BCUT2D eigenvalue weighted by Crippen LogP contribution is -2.24. The highest BCUT2D eigenvalue weighted by Gasteiger charge is 2.14. The summed E-state index contributed by atoms with van der Waals surface area (Å²) in [6.45, 7) is 5.47. The number of hydrogen-bond donors (Lipinski definition) is 2. The number of H-pyrrole nitrogens is 1. The molecule has 0 atom stereocenters. The summed E-state index contributed by atoms with van der Waals surface area (Å²) >= 11 is 1.34. The molecule has 0 unspecified atom stereocenters.